The van der Waals surface area contributed by atoms with Crippen molar-refractivity contribution in [1.29, 1.82) is 0 Å². The molecule has 2 N–H and O–H groups in total. The van der Waals surface area contributed by atoms with Gasteiger partial charge in [0, 0.05) is 18.6 Å². The fourth-order valence-corrected chi connectivity index (χ4v) is 1.20. The van der Waals surface area contributed by atoms with E-state index in [0.29, 0.717) is 5.39 Å². The standard InChI is InChI=1S/C8H8N4O/c1-12-8(13)6-5(4-11-12)2-3-10-7(6)9/h2-4H,1H3,(H2,9,10). The first-order valence-electron chi connectivity index (χ1n) is 3.76. The Morgan fingerprint density at radius 2 is 2.31 bits per heavy atom. The predicted molar refractivity (Wildman–Crippen MR) is 49.2 cm³/mol. The lowest BCUT2D eigenvalue weighted by atomic mass is 10.2. The summed E-state index contributed by atoms with van der Waals surface area (Å²) in [7, 11) is 1.58. The minimum atomic E-state index is -0.219. The van der Waals surface area contributed by atoms with Gasteiger partial charge in [-0.05, 0) is 6.07 Å². The van der Waals surface area contributed by atoms with Gasteiger partial charge >= 0.3 is 0 Å². The lowest BCUT2D eigenvalue weighted by molar-refractivity contribution is 0.718. The van der Waals surface area contributed by atoms with Crippen molar-refractivity contribution < 1.29 is 0 Å². The van der Waals surface area contributed by atoms with E-state index in [1.165, 1.54) is 4.68 Å². The van der Waals surface area contributed by atoms with Crippen molar-refractivity contribution in [2.75, 3.05) is 5.73 Å². The maximum absolute atomic E-state index is 11.5. The molecule has 0 saturated carbocycles. The summed E-state index contributed by atoms with van der Waals surface area (Å²) >= 11 is 0. The SMILES string of the molecule is Cn1ncc2ccnc(N)c2c1=O. The summed E-state index contributed by atoms with van der Waals surface area (Å²) in [6.45, 7) is 0. The zero-order valence-corrected chi connectivity index (χ0v) is 7.06. The molecule has 13 heavy (non-hydrogen) atoms. The molecule has 0 fully saturated rings. The zero-order chi connectivity index (χ0) is 9.42. The van der Waals surface area contributed by atoms with Gasteiger partial charge in [-0.3, -0.25) is 4.79 Å². The van der Waals surface area contributed by atoms with Crippen molar-refractivity contribution in [1.82, 2.24) is 14.8 Å². The summed E-state index contributed by atoms with van der Waals surface area (Å²) in [6.07, 6.45) is 3.15. The first-order chi connectivity index (χ1) is 6.20. The van der Waals surface area contributed by atoms with Gasteiger partial charge in [-0.15, -0.1) is 0 Å². The van der Waals surface area contributed by atoms with Crippen LogP contribution in [0.5, 0.6) is 0 Å². The monoisotopic (exact) mass is 176 g/mol. The Labute approximate surface area is 73.8 Å². The fourth-order valence-electron chi connectivity index (χ4n) is 1.20. The second-order valence-electron chi connectivity index (χ2n) is 2.73. The van der Waals surface area contributed by atoms with E-state index in [1.54, 1.807) is 25.5 Å². The van der Waals surface area contributed by atoms with E-state index in [1.807, 2.05) is 0 Å². The molecular weight excluding hydrogens is 168 g/mol. The molecule has 0 bridgehead atoms. The second kappa shape index (κ2) is 2.55. The molecule has 2 rings (SSSR count). The average molecular weight is 176 g/mol. The molecule has 0 aromatic carbocycles. The molecule has 0 radical (unpaired) electrons. The quantitative estimate of drug-likeness (QED) is 0.608. The van der Waals surface area contributed by atoms with Crippen LogP contribution in [0.1, 0.15) is 0 Å². The Kier molecular flexibility index (Phi) is 1.51. The number of nitrogens with zero attached hydrogens (tertiary/aromatic N) is 3. The van der Waals surface area contributed by atoms with Crippen LogP contribution in [0.4, 0.5) is 5.82 Å². The van der Waals surface area contributed by atoms with E-state index >= 15 is 0 Å². The Bertz CT molecular complexity index is 517. The smallest absolute Gasteiger partial charge is 0.278 e. The number of nitrogens with two attached hydrogens (primary N) is 1. The number of pyridine rings is 1. The van der Waals surface area contributed by atoms with Crippen LogP contribution in [0.2, 0.25) is 0 Å². The van der Waals surface area contributed by atoms with Crippen molar-refractivity contribution in [2.45, 2.75) is 0 Å². The predicted octanol–water partition coefficient (Wildman–Crippen LogP) is -0.0893. The first-order valence-corrected chi connectivity index (χ1v) is 3.76. The number of hydrogen-bond donors (Lipinski definition) is 1. The minimum absolute atomic E-state index is 0.219. The summed E-state index contributed by atoms with van der Waals surface area (Å²) in [5, 5.41) is 5.02. The molecule has 0 atom stereocenters. The third-order valence-corrected chi connectivity index (χ3v) is 1.89. The van der Waals surface area contributed by atoms with E-state index in [2.05, 4.69) is 10.1 Å². The molecule has 5 nitrogen and oxygen atoms in total. The summed E-state index contributed by atoms with van der Waals surface area (Å²) in [5.41, 5.74) is 5.35. The van der Waals surface area contributed by atoms with Crippen molar-refractivity contribution in [2.24, 2.45) is 7.05 Å². The van der Waals surface area contributed by atoms with E-state index in [-0.39, 0.29) is 11.4 Å². The lowest BCUT2D eigenvalue weighted by Crippen LogP contribution is -2.20. The molecule has 0 aliphatic carbocycles. The van der Waals surface area contributed by atoms with Crippen LogP contribution in [0.25, 0.3) is 10.8 Å². The molecule has 66 valence electrons. The molecule has 0 unspecified atom stereocenters. The summed E-state index contributed by atoms with van der Waals surface area (Å²) in [6, 6.07) is 1.71. The average Bonchev–Trinajstić information content (AvgIpc) is 2.12. The van der Waals surface area contributed by atoms with Gasteiger partial charge in [0.15, 0.2) is 0 Å². The molecule has 2 aromatic rings. The maximum atomic E-state index is 11.5. The molecule has 2 aromatic heterocycles. The van der Waals surface area contributed by atoms with Crippen LogP contribution in [-0.2, 0) is 7.05 Å². The Hall–Kier alpha value is -1.91. The molecule has 0 aliphatic rings. The van der Waals surface area contributed by atoms with Gasteiger partial charge in [0.2, 0.25) is 0 Å². The summed E-state index contributed by atoms with van der Waals surface area (Å²) in [5.74, 6) is 0.250. The normalized spacial score (nSPS) is 10.5. The summed E-state index contributed by atoms with van der Waals surface area (Å²) < 4.78 is 1.24. The number of fused-ring (bicyclic) bond motifs is 1. The fraction of sp³-hybridized carbons (Fsp3) is 0.125. The molecule has 2 heterocycles. The van der Waals surface area contributed by atoms with Crippen molar-refractivity contribution in [3.63, 3.8) is 0 Å². The molecular formula is C8H8N4O. The van der Waals surface area contributed by atoms with Gasteiger partial charge in [-0.2, -0.15) is 5.10 Å². The third kappa shape index (κ3) is 1.05. The van der Waals surface area contributed by atoms with E-state index in [9.17, 15) is 4.79 Å². The maximum Gasteiger partial charge on any atom is 0.278 e. The molecule has 0 saturated heterocycles. The molecule has 5 heteroatoms. The van der Waals surface area contributed by atoms with Gasteiger partial charge in [-0.1, -0.05) is 0 Å². The van der Waals surface area contributed by atoms with Crippen LogP contribution in [0.15, 0.2) is 23.3 Å². The number of nitrogen functional groups attached to an aromatic ring is 1. The van der Waals surface area contributed by atoms with Crippen molar-refractivity contribution in [3.05, 3.63) is 28.8 Å². The highest BCUT2D eigenvalue weighted by atomic mass is 16.1. The number of aromatic nitrogens is 3. The molecule has 0 spiro atoms. The summed E-state index contributed by atoms with van der Waals surface area (Å²) in [4.78, 5) is 15.4. The second-order valence-corrected chi connectivity index (χ2v) is 2.73. The first kappa shape index (κ1) is 7.72. The largest absolute Gasteiger partial charge is 0.383 e. The topological polar surface area (TPSA) is 73.8 Å². The highest BCUT2D eigenvalue weighted by Crippen LogP contribution is 2.11. The number of rotatable bonds is 0. The van der Waals surface area contributed by atoms with Crippen LogP contribution in [0.3, 0.4) is 0 Å². The van der Waals surface area contributed by atoms with E-state index in [0.717, 1.165) is 5.39 Å². The van der Waals surface area contributed by atoms with Crippen LogP contribution in [0, 0.1) is 0 Å². The third-order valence-electron chi connectivity index (χ3n) is 1.89. The Morgan fingerprint density at radius 1 is 1.54 bits per heavy atom. The van der Waals surface area contributed by atoms with Gasteiger partial charge in [-0.25, -0.2) is 9.67 Å². The highest BCUT2D eigenvalue weighted by molar-refractivity contribution is 5.88. The minimum Gasteiger partial charge on any atom is -0.383 e. The van der Waals surface area contributed by atoms with Gasteiger partial charge in [0.25, 0.3) is 5.56 Å². The number of anilines is 1. The molecule has 0 amide bonds. The van der Waals surface area contributed by atoms with Crippen molar-refractivity contribution in [3.8, 4) is 0 Å². The number of aryl methyl sites for hydroxylation is 1. The van der Waals surface area contributed by atoms with E-state index in [4.69, 9.17) is 5.73 Å². The van der Waals surface area contributed by atoms with Crippen molar-refractivity contribution >= 4 is 16.6 Å². The Morgan fingerprint density at radius 3 is 3.08 bits per heavy atom. The lowest BCUT2D eigenvalue weighted by Gasteiger charge is -2.00. The van der Waals surface area contributed by atoms with Crippen LogP contribution in [-0.4, -0.2) is 14.8 Å². The highest BCUT2D eigenvalue weighted by Gasteiger charge is 2.04. The van der Waals surface area contributed by atoms with Crippen LogP contribution < -0.4 is 11.3 Å². The van der Waals surface area contributed by atoms with Gasteiger partial charge in [0.1, 0.15) is 5.82 Å². The van der Waals surface area contributed by atoms with Gasteiger partial charge < -0.3 is 5.73 Å². The van der Waals surface area contributed by atoms with E-state index < -0.39 is 0 Å². The van der Waals surface area contributed by atoms with Gasteiger partial charge in [0.05, 0.1) is 11.6 Å². The zero-order valence-electron chi connectivity index (χ0n) is 7.06. The molecule has 0 aliphatic heterocycles. The Balaban J connectivity index is 3.06. The van der Waals surface area contributed by atoms with Crippen LogP contribution >= 0.6 is 0 Å². The number of hydrogen-bond acceptors (Lipinski definition) is 4.